The highest BCUT2D eigenvalue weighted by molar-refractivity contribution is 7.98. The highest BCUT2D eigenvalue weighted by Crippen LogP contribution is 2.29. The van der Waals surface area contributed by atoms with Crippen molar-refractivity contribution in [3.63, 3.8) is 0 Å². The third-order valence-electron chi connectivity index (χ3n) is 5.47. The molecule has 0 bridgehead atoms. The first-order valence-corrected chi connectivity index (χ1v) is 11.6. The van der Waals surface area contributed by atoms with E-state index in [0.717, 1.165) is 31.1 Å². The maximum Gasteiger partial charge on any atom is 0.278 e. The summed E-state index contributed by atoms with van der Waals surface area (Å²) < 4.78 is 8.96. The number of anilines is 1. The molecule has 0 atom stereocenters. The first-order chi connectivity index (χ1) is 15.8. The van der Waals surface area contributed by atoms with Gasteiger partial charge in [0.1, 0.15) is 5.52 Å². The lowest BCUT2D eigenvalue weighted by molar-refractivity contribution is 0.122. The number of hydrogen-bond acceptors (Lipinski definition) is 8. The van der Waals surface area contributed by atoms with Crippen molar-refractivity contribution in [3.05, 3.63) is 64.4 Å². The fourth-order valence-electron chi connectivity index (χ4n) is 3.79. The molecule has 3 heterocycles. The van der Waals surface area contributed by atoms with Gasteiger partial charge in [0.15, 0.2) is 5.16 Å². The van der Waals surface area contributed by atoms with Gasteiger partial charge in [-0.15, -0.1) is 15.3 Å². The Kier molecular flexibility index (Phi) is 5.87. The first-order valence-electron chi connectivity index (χ1n) is 10.6. The minimum atomic E-state index is -0.170. The van der Waals surface area contributed by atoms with Crippen molar-refractivity contribution in [1.82, 2.24) is 29.8 Å². The van der Waals surface area contributed by atoms with Crippen LogP contribution < -0.4 is 10.5 Å². The van der Waals surface area contributed by atoms with Crippen molar-refractivity contribution in [3.8, 4) is 5.69 Å². The van der Waals surface area contributed by atoms with E-state index in [0.29, 0.717) is 29.3 Å². The monoisotopic (exact) mass is 449 g/mol. The largest absolute Gasteiger partial charge is 0.378 e. The normalized spacial score (nSPS) is 14.2. The second kappa shape index (κ2) is 9.09. The maximum absolute atomic E-state index is 12.8. The molecule has 0 amide bonds. The number of benzene rings is 2. The van der Waals surface area contributed by atoms with Crippen LogP contribution in [0.4, 0.5) is 5.95 Å². The molecule has 9 nitrogen and oxygen atoms in total. The summed E-state index contributed by atoms with van der Waals surface area (Å²) in [5.74, 6) is 1.07. The zero-order valence-electron chi connectivity index (χ0n) is 17.7. The second-order valence-corrected chi connectivity index (χ2v) is 8.30. The van der Waals surface area contributed by atoms with Crippen molar-refractivity contribution in [2.75, 3.05) is 31.2 Å². The topological polar surface area (TPSA) is 91.0 Å². The average molecular weight is 450 g/mol. The summed E-state index contributed by atoms with van der Waals surface area (Å²) in [4.78, 5) is 15.0. The van der Waals surface area contributed by atoms with Gasteiger partial charge in [0.2, 0.25) is 5.95 Å². The molecule has 10 heteroatoms. The van der Waals surface area contributed by atoms with Crippen molar-refractivity contribution >= 4 is 28.6 Å². The third kappa shape index (κ3) is 3.87. The van der Waals surface area contributed by atoms with E-state index >= 15 is 0 Å². The Hall–Kier alpha value is -3.24. The van der Waals surface area contributed by atoms with Gasteiger partial charge in [0, 0.05) is 13.1 Å². The molecule has 0 aliphatic carbocycles. The lowest BCUT2D eigenvalue weighted by Crippen LogP contribution is -2.38. The Morgan fingerprint density at radius 2 is 1.78 bits per heavy atom. The molecule has 1 saturated heterocycles. The smallest absolute Gasteiger partial charge is 0.278 e. The number of rotatable bonds is 6. The van der Waals surface area contributed by atoms with Gasteiger partial charge < -0.3 is 9.64 Å². The quantitative estimate of drug-likeness (QED) is 0.415. The molecule has 1 aliphatic rings. The molecule has 0 radical (unpaired) electrons. The molecule has 2 aromatic carbocycles. The number of aryl methyl sites for hydroxylation is 1. The number of nitrogens with zero attached hydrogens (tertiary/aromatic N) is 7. The average Bonchev–Trinajstić information content (AvgIpc) is 3.28. The van der Waals surface area contributed by atoms with Crippen LogP contribution in [-0.4, -0.2) is 56.1 Å². The van der Waals surface area contributed by atoms with Crippen LogP contribution in [0, 0.1) is 0 Å². The summed E-state index contributed by atoms with van der Waals surface area (Å²) in [5, 5.41) is 18.5. The van der Waals surface area contributed by atoms with E-state index in [-0.39, 0.29) is 11.4 Å². The van der Waals surface area contributed by atoms with Gasteiger partial charge >= 0.3 is 0 Å². The lowest BCUT2D eigenvalue weighted by Gasteiger charge is -2.28. The van der Waals surface area contributed by atoms with Crippen molar-refractivity contribution in [2.45, 2.75) is 24.4 Å². The van der Waals surface area contributed by atoms with Gasteiger partial charge in [-0.05, 0) is 30.2 Å². The zero-order valence-corrected chi connectivity index (χ0v) is 18.5. The van der Waals surface area contributed by atoms with Crippen LogP contribution in [0.2, 0.25) is 0 Å². The Morgan fingerprint density at radius 1 is 1.00 bits per heavy atom. The summed E-state index contributed by atoms with van der Waals surface area (Å²) in [6, 6.07) is 15.5. The van der Waals surface area contributed by atoms with Crippen LogP contribution in [-0.2, 0) is 17.0 Å². The molecule has 0 spiro atoms. The SMILES string of the molecule is CCc1ccccc1-n1c(SCn2nnc3ccccc3c2=O)nnc1N1CCOCC1. The van der Waals surface area contributed by atoms with Crippen LogP contribution in [0.1, 0.15) is 12.5 Å². The summed E-state index contributed by atoms with van der Waals surface area (Å²) in [6.07, 6.45) is 0.886. The third-order valence-corrected chi connectivity index (χ3v) is 6.36. The Balaban J connectivity index is 1.52. The van der Waals surface area contributed by atoms with Gasteiger partial charge in [-0.3, -0.25) is 9.36 Å². The predicted octanol–water partition coefficient (Wildman–Crippen LogP) is 2.52. The van der Waals surface area contributed by atoms with Crippen LogP contribution in [0.5, 0.6) is 0 Å². The molecular weight excluding hydrogens is 426 g/mol. The van der Waals surface area contributed by atoms with Gasteiger partial charge in [-0.1, -0.05) is 54.2 Å². The van der Waals surface area contributed by atoms with Gasteiger partial charge in [0.05, 0.1) is 30.2 Å². The Bertz CT molecular complexity index is 1300. The molecule has 1 aliphatic heterocycles. The Morgan fingerprint density at radius 3 is 2.62 bits per heavy atom. The second-order valence-electron chi connectivity index (χ2n) is 7.38. The van der Waals surface area contributed by atoms with E-state index in [1.54, 1.807) is 12.1 Å². The number of aromatic nitrogens is 6. The standard InChI is InChI=1S/C22H23N7O2S/c1-2-16-7-3-6-10-19(16)29-21(27-11-13-31-14-12-27)24-25-22(29)32-15-28-20(30)17-8-4-5-9-18(17)23-26-28/h3-10H,2,11-15H2,1H3. The number of ether oxygens (including phenoxy) is 1. The Labute approximate surface area is 189 Å². The van der Waals surface area contributed by atoms with E-state index in [9.17, 15) is 4.79 Å². The van der Waals surface area contributed by atoms with Gasteiger partial charge in [-0.25, -0.2) is 0 Å². The molecule has 0 saturated carbocycles. The molecule has 32 heavy (non-hydrogen) atoms. The van der Waals surface area contributed by atoms with E-state index in [2.05, 4.69) is 49.0 Å². The number of morpholine rings is 1. The van der Waals surface area contributed by atoms with Crippen molar-refractivity contribution < 1.29 is 4.74 Å². The molecule has 164 valence electrons. The highest BCUT2D eigenvalue weighted by atomic mass is 32.2. The summed E-state index contributed by atoms with van der Waals surface area (Å²) >= 11 is 1.41. The minimum absolute atomic E-state index is 0.170. The number of para-hydroxylation sites is 1. The van der Waals surface area contributed by atoms with Crippen LogP contribution in [0.15, 0.2) is 58.5 Å². The first kappa shape index (κ1) is 20.7. The number of fused-ring (bicyclic) bond motifs is 1. The van der Waals surface area contributed by atoms with Crippen LogP contribution in [0.25, 0.3) is 16.6 Å². The predicted molar refractivity (Wildman–Crippen MR) is 123 cm³/mol. The van der Waals surface area contributed by atoms with Crippen LogP contribution in [0.3, 0.4) is 0 Å². The highest BCUT2D eigenvalue weighted by Gasteiger charge is 2.23. The molecule has 0 N–H and O–H groups in total. The molecule has 2 aromatic heterocycles. The molecule has 1 fully saturated rings. The summed E-state index contributed by atoms with van der Waals surface area (Å²) in [5.41, 5.74) is 2.66. The summed E-state index contributed by atoms with van der Waals surface area (Å²) in [6.45, 7) is 4.97. The lowest BCUT2D eigenvalue weighted by atomic mass is 10.1. The van der Waals surface area contributed by atoms with E-state index in [1.165, 1.54) is 22.0 Å². The maximum atomic E-state index is 12.8. The van der Waals surface area contributed by atoms with Gasteiger partial charge in [-0.2, -0.15) is 4.68 Å². The van der Waals surface area contributed by atoms with Gasteiger partial charge in [0.25, 0.3) is 5.56 Å². The van der Waals surface area contributed by atoms with E-state index < -0.39 is 0 Å². The molecule has 5 rings (SSSR count). The van der Waals surface area contributed by atoms with E-state index in [4.69, 9.17) is 4.74 Å². The fraction of sp³-hybridized carbons (Fsp3) is 0.318. The van der Waals surface area contributed by atoms with Crippen molar-refractivity contribution in [2.24, 2.45) is 0 Å². The zero-order chi connectivity index (χ0) is 21.9. The molecule has 0 unspecified atom stereocenters. The van der Waals surface area contributed by atoms with Crippen LogP contribution >= 0.6 is 11.8 Å². The van der Waals surface area contributed by atoms with Crippen molar-refractivity contribution in [1.29, 1.82) is 0 Å². The minimum Gasteiger partial charge on any atom is -0.378 e. The van der Waals surface area contributed by atoms with E-state index in [1.807, 2.05) is 24.3 Å². The molecular formula is C22H23N7O2S. The fourth-order valence-corrected chi connectivity index (χ4v) is 4.60. The summed E-state index contributed by atoms with van der Waals surface area (Å²) in [7, 11) is 0. The number of hydrogen-bond donors (Lipinski definition) is 0. The number of thioether (sulfide) groups is 1. The molecule has 4 aromatic rings.